The number of halogens is 2. The number of hydrogen-bond acceptors (Lipinski definition) is 3. The maximum absolute atomic E-state index is 14.7. The number of rotatable bonds is 1. The lowest BCUT2D eigenvalue weighted by Crippen LogP contribution is -2.47. The predicted octanol–water partition coefficient (Wildman–Crippen LogP) is 5.79. The third-order valence-electron chi connectivity index (χ3n) is 9.81. The first-order valence-electron chi connectivity index (χ1n) is 12.5. The lowest BCUT2D eigenvalue weighted by atomic mass is 9.52. The van der Waals surface area contributed by atoms with Crippen LogP contribution in [0.3, 0.4) is 0 Å². The van der Waals surface area contributed by atoms with E-state index in [1.165, 1.54) is 18.1 Å². The Bertz CT molecular complexity index is 943. The molecular formula is C27H34F2O3. The molecule has 1 aliphatic heterocycles. The second kappa shape index (κ2) is 7.35. The van der Waals surface area contributed by atoms with Gasteiger partial charge in [-0.15, -0.1) is 0 Å². The van der Waals surface area contributed by atoms with E-state index in [0.717, 1.165) is 56.9 Å². The van der Waals surface area contributed by atoms with E-state index in [-0.39, 0.29) is 23.0 Å². The van der Waals surface area contributed by atoms with Crippen molar-refractivity contribution < 1.29 is 23.4 Å². The van der Waals surface area contributed by atoms with Gasteiger partial charge >= 0.3 is 0 Å². The molecule has 3 nitrogen and oxygen atoms in total. The summed E-state index contributed by atoms with van der Waals surface area (Å²) in [5, 5.41) is 11.0. The molecule has 5 heteroatoms. The summed E-state index contributed by atoms with van der Waals surface area (Å²) >= 11 is 0. The van der Waals surface area contributed by atoms with Crippen molar-refractivity contribution in [1.82, 2.24) is 0 Å². The quantitative estimate of drug-likeness (QED) is 0.558. The zero-order valence-electron chi connectivity index (χ0n) is 19.1. The first kappa shape index (κ1) is 21.2. The molecule has 1 aromatic rings. The fraction of sp³-hybridized carbons (Fsp3) is 0.704. The Morgan fingerprint density at radius 2 is 1.72 bits per heavy atom. The fourth-order valence-electron chi connectivity index (χ4n) is 8.13. The highest BCUT2D eigenvalue weighted by molar-refractivity contribution is 5.42. The molecule has 174 valence electrons. The molecule has 1 N–H and O–H groups in total. The lowest BCUT2D eigenvalue weighted by Gasteiger charge is -2.54. The van der Waals surface area contributed by atoms with Gasteiger partial charge < -0.3 is 14.6 Å². The van der Waals surface area contributed by atoms with Crippen LogP contribution in [0.2, 0.25) is 0 Å². The largest absolute Gasteiger partial charge is 0.393 e. The van der Waals surface area contributed by atoms with E-state index in [2.05, 4.69) is 6.92 Å². The molecule has 1 saturated heterocycles. The average molecular weight is 445 g/mol. The SMILES string of the molecule is Cc1c(F)cc(C2CC3(C)C(O)CCC3C3CCC4CC5(CCC4=C23)OCCO5)cc1F. The normalized spacial score (nSPS) is 40.3. The molecule has 3 saturated carbocycles. The van der Waals surface area contributed by atoms with Crippen LogP contribution in [0.15, 0.2) is 23.3 Å². The van der Waals surface area contributed by atoms with E-state index in [0.29, 0.717) is 31.0 Å². The molecule has 6 unspecified atom stereocenters. The van der Waals surface area contributed by atoms with Crippen molar-refractivity contribution in [1.29, 1.82) is 0 Å². The maximum Gasteiger partial charge on any atom is 0.169 e. The van der Waals surface area contributed by atoms with E-state index in [4.69, 9.17) is 9.47 Å². The number of allylic oxidation sites excluding steroid dienone is 2. The summed E-state index contributed by atoms with van der Waals surface area (Å²) in [7, 11) is 0. The average Bonchev–Trinajstić information content (AvgIpc) is 3.34. The van der Waals surface area contributed by atoms with E-state index < -0.39 is 17.4 Å². The lowest BCUT2D eigenvalue weighted by molar-refractivity contribution is -0.181. The highest BCUT2D eigenvalue weighted by Crippen LogP contribution is 2.64. The van der Waals surface area contributed by atoms with Crippen LogP contribution in [0.25, 0.3) is 0 Å². The summed E-state index contributed by atoms with van der Waals surface area (Å²) in [6.07, 6.45) is 7.20. The summed E-state index contributed by atoms with van der Waals surface area (Å²) < 4.78 is 41.4. The van der Waals surface area contributed by atoms with E-state index in [9.17, 15) is 13.9 Å². The van der Waals surface area contributed by atoms with Gasteiger partial charge in [0.15, 0.2) is 5.79 Å². The van der Waals surface area contributed by atoms with Crippen LogP contribution < -0.4 is 0 Å². The van der Waals surface area contributed by atoms with Gasteiger partial charge in [0, 0.05) is 24.3 Å². The van der Waals surface area contributed by atoms with Gasteiger partial charge in [-0.3, -0.25) is 0 Å². The van der Waals surface area contributed by atoms with Gasteiger partial charge in [0.05, 0.1) is 19.3 Å². The van der Waals surface area contributed by atoms with Gasteiger partial charge in [0.2, 0.25) is 0 Å². The van der Waals surface area contributed by atoms with Crippen LogP contribution in [-0.4, -0.2) is 30.2 Å². The first-order chi connectivity index (χ1) is 15.3. The molecule has 1 aromatic carbocycles. The Morgan fingerprint density at radius 1 is 1.00 bits per heavy atom. The topological polar surface area (TPSA) is 38.7 Å². The summed E-state index contributed by atoms with van der Waals surface area (Å²) in [5.74, 6) is -0.122. The van der Waals surface area contributed by atoms with Crippen LogP contribution in [0, 0.1) is 41.7 Å². The second-order valence-corrected chi connectivity index (χ2v) is 11.2. The molecule has 0 amide bonds. The minimum absolute atomic E-state index is 0.0316. The van der Waals surface area contributed by atoms with E-state index in [1.807, 2.05) is 0 Å². The van der Waals surface area contributed by atoms with Crippen LogP contribution in [0.4, 0.5) is 8.78 Å². The van der Waals surface area contributed by atoms with Gasteiger partial charge in [-0.1, -0.05) is 18.1 Å². The number of benzene rings is 1. The zero-order chi connectivity index (χ0) is 22.3. The van der Waals surface area contributed by atoms with Crippen LogP contribution in [0.5, 0.6) is 0 Å². The highest BCUT2D eigenvalue weighted by Gasteiger charge is 2.57. The maximum atomic E-state index is 14.7. The molecule has 0 radical (unpaired) electrons. The monoisotopic (exact) mass is 444 g/mol. The molecule has 0 bridgehead atoms. The van der Waals surface area contributed by atoms with Crippen LogP contribution in [-0.2, 0) is 9.47 Å². The summed E-state index contributed by atoms with van der Waals surface area (Å²) in [5.41, 5.74) is 3.57. The van der Waals surface area contributed by atoms with Crippen molar-refractivity contribution in [3.63, 3.8) is 0 Å². The molecule has 4 fully saturated rings. The first-order valence-corrected chi connectivity index (χ1v) is 12.5. The van der Waals surface area contributed by atoms with Crippen molar-refractivity contribution in [2.45, 2.75) is 83.0 Å². The van der Waals surface area contributed by atoms with Crippen molar-refractivity contribution in [2.75, 3.05) is 13.2 Å². The van der Waals surface area contributed by atoms with Crippen LogP contribution in [0.1, 0.15) is 75.3 Å². The third-order valence-corrected chi connectivity index (χ3v) is 9.81. The predicted molar refractivity (Wildman–Crippen MR) is 117 cm³/mol. The molecular weight excluding hydrogens is 410 g/mol. The molecule has 5 aliphatic rings. The van der Waals surface area contributed by atoms with Gasteiger partial charge in [-0.2, -0.15) is 0 Å². The Labute approximate surface area is 189 Å². The van der Waals surface area contributed by atoms with E-state index in [1.54, 1.807) is 12.1 Å². The van der Waals surface area contributed by atoms with Gasteiger partial charge in [0.25, 0.3) is 0 Å². The molecule has 1 spiro atoms. The van der Waals surface area contributed by atoms with Crippen LogP contribution >= 0.6 is 0 Å². The minimum Gasteiger partial charge on any atom is -0.393 e. The second-order valence-electron chi connectivity index (χ2n) is 11.2. The smallest absolute Gasteiger partial charge is 0.169 e. The van der Waals surface area contributed by atoms with Crippen molar-refractivity contribution in [3.8, 4) is 0 Å². The molecule has 32 heavy (non-hydrogen) atoms. The molecule has 4 aliphatic carbocycles. The van der Waals surface area contributed by atoms with Gasteiger partial charge in [-0.25, -0.2) is 8.78 Å². The van der Waals surface area contributed by atoms with Crippen molar-refractivity contribution >= 4 is 0 Å². The molecule has 1 heterocycles. The van der Waals surface area contributed by atoms with E-state index >= 15 is 0 Å². The number of ether oxygens (including phenoxy) is 2. The molecule has 0 aromatic heterocycles. The molecule has 6 atom stereocenters. The molecule has 6 rings (SSSR count). The Kier molecular flexibility index (Phi) is 4.88. The number of aliphatic hydroxyl groups is 1. The number of fused-ring (bicyclic) bond motifs is 4. The zero-order valence-corrected chi connectivity index (χ0v) is 19.1. The Hall–Kier alpha value is -1.30. The summed E-state index contributed by atoms with van der Waals surface area (Å²) in [6.45, 7) is 5.05. The Balaban J connectivity index is 1.47. The Morgan fingerprint density at radius 3 is 2.44 bits per heavy atom. The minimum atomic E-state index is -0.468. The standard InChI is InChI=1S/C27H34F2O3/c1-15-22(28)11-17(12-23(15)29)20-14-26(2)21(5-6-24(26)30)19-4-3-16-13-27(31-9-10-32-27)8-7-18(16)25(19)20/h11-12,16,19-21,24,30H,3-10,13-14H2,1-2H3. The fourth-order valence-corrected chi connectivity index (χ4v) is 8.13. The van der Waals surface area contributed by atoms with Gasteiger partial charge in [0.1, 0.15) is 11.6 Å². The highest BCUT2D eigenvalue weighted by atomic mass is 19.1. The summed E-state index contributed by atoms with van der Waals surface area (Å²) in [6, 6.07) is 3.10. The van der Waals surface area contributed by atoms with Crippen molar-refractivity contribution in [3.05, 3.63) is 46.0 Å². The summed E-state index contributed by atoms with van der Waals surface area (Å²) in [4.78, 5) is 0. The number of hydrogen-bond donors (Lipinski definition) is 1. The van der Waals surface area contributed by atoms with Gasteiger partial charge in [-0.05, 0) is 86.3 Å². The number of aliphatic hydroxyl groups excluding tert-OH is 1. The third kappa shape index (κ3) is 3.00. The van der Waals surface area contributed by atoms with Crippen molar-refractivity contribution in [2.24, 2.45) is 23.2 Å².